The molecule has 0 fully saturated rings. The Hall–Kier alpha value is -3.85. The van der Waals surface area contributed by atoms with Crippen molar-refractivity contribution in [1.29, 1.82) is 0 Å². The zero-order chi connectivity index (χ0) is 29.4. The SMILES string of the molecule is CCC(C(=O)NC(C)C)N(Cc1ccc(C)cc1)C(=O)CN(c1ccc(C)cc1)S(=O)(=O)c1ccc(OC)cc1. The predicted octanol–water partition coefficient (Wildman–Crippen LogP) is 4.84. The van der Waals surface area contributed by atoms with Gasteiger partial charge < -0.3 is 15.0 Å². The smallest absolute Gasteiger partial charge is 0.264 e. The Labute approximate surface area is 238 Å². The van der Waals surface area contributed by atoms with Gasteiger partial charge in [-0.05, 0) is 76.1 Å². The number of nitrogens with zero attached hydrogens (tertiary/aromatic N) is 2. The number of hydrogen-bond donors (Lipinski definition) is 1. The molecule has 0 aliphatic carbocycles. The van der Waals surface area contributed by atoms with E-state index in [-0.39, 0.29) is 23.4 Å². The van der Waals surface area contributed by atoms with Crippen molar-refractivity contribution in [2.75, 3.05) is 18.0 Å². The highest BCUT2D eigenvalue weighted by molar-refractivity contribution is 7.92. The number of carbonyl (C=O) groups excluding carboxylic acids is 2. The summed E-state index contributed by atoms with van der Waals surface area (Å²) < 4.78 is 34.1. The van der Waals surface area contributed by atoms with Crippen LogP contribution in [0.2, 0.25) is 0 Å². The maximum Gasteiger partial charge on any atom is 0.264 e. The number of rotatable bonds is 12. The number of carbonyl (C=O) groups is 2. The Bertz CT molecular complexity index is 1390. The Morgan fingerprint density at radius 3 is 1.93 bits per heavy atom. The zero-order valence-corrected chi connectivity index (χ0v) is 24.9. The van der Waals surface area contributed by atoms with Crippen molar-refractivity contribution in [2.45, 2.75) is 64.6 Å². The van der Waals surface area contributed by atoms with Gasteiger partial charge in [-0.15, -0.1) is 0 Å². The lowest BCUT2D eigenvalue weighted by Gasteiger charge is -2.33. The second-order valence-electron chi connectivity index (χ2n) is 10.1. The third-order valence-corrected chi connectivity index (χ3v) is 8.33. The second kappa shape index (κ2) is 13.5. The van der Waals surface area contributed by atoms with Crippen LogP contribution in [0.25, 0.3) is 0 Å². The van der Waals surface area contributed by atoms with E-state index >= 15 is 0 Å². The van der Waals surface area contributed by atoms with E-state index in [9.17, 15) is 18.0 Å². The Balaban J connectivity index is 2.05. The van der Waals surface area contributed by atoms with E-state index in [1.54, 1.807) is 36.4 Å². The molecule has 40 heavy (non-hydrogen) atoms. The molecular weight excluding hydrogens is 526 g/mol. The number of benzene rings is 3. The van der Waals surface area contributed by atoms with Crippen LogP contribution in [-0.2, 0) is 26.2 Å². The first kappa shape index (κ1) is 30.7. The van der Waals surface area contributed by atoms with Crippen LogP contribution in [0.15, 0.2) is 77.7 Å². The number of methoxy groups -OCH3 is 1. The number of nitrogens with one attached hydrogen (secondary N) is 1. The maximum absolute atomic E-state index is 14.1. The van der Waals surface area contributed by atoms with Gasteiger partial charge in [0.05, 0.1) is 17.7 Å². The zero-order valence-electron chi connectivity index (χ0n) is 24.0. The minimum Gasteiger partial charge on any atom is -0.497 e. The van der Waals surface area contributed by atoms with Gasteiger partial charge in [-0.25, -0.2) is 8.42 Å². The lowest BCUT2D eigenvalue weighted by molar-refractivity contribution is -0.140. The Kier molecular flexibility index (Phi) is 10.3. The van der Waals surface area contributed by atoms with Crippen LogP contribution >= 0.6 is 0 Å². The summed E-state index contributed by atoms with van der Waals surface area (Å²) in [7, 11) is -2.64. The van der Waals surface area contributed by atoms with Gasteiger partial charge in [0, 0.05) is 12.6 Å². The molecule has 0 aliphatic rings. The lowest BCUT2D eigenvalue weighted by Crippen LogP contribution is -2.53. The molecule has 9 heteroatoms. The fraction of sp³-hybridized carbons (Fsp3) is 0.355. The summed E-state index contributed by atoms with van der Waals surface area (Å²) in [4.78, 5) is 28.8. The van der Waals surface area contributed by atoms with Gasteiger partial charge in [-0.1, -0.05) is 54.4 Å². The quantitative estimate of drug-likeness (QED) is 0.339. The number of amides is 2. The molecule has 3 aromatic rings. The van der Waals surface area contributed by atoms with Gasteiger partial charge >= 0.3 is 0 Å². The maximum atomic E-state index is 14.1. The van der Waals surface area contributed by atoms with Crippen LogP contribution in [0, 0.1) is 13.8 Å². The van der Waals surface area contributed by atoms with E-state index in [1.807, 2.05) is 58.9 Å². The molecule has 0 aromatic heterocycles. The van der Waals surface area contributed by atoms with Crippen molar-refractivity contribution >= 4 is 27.5 Å². The van der Waals surface area contributed by atoms with Gasteiger partial charge in [0.2, 0.25) is 11.8 Å². The van der Waals surface area contributed by atoms with Gasteiger partial charge in [-0.2, -0.15) is 0 Å². The molecule has 3 rings (SSSR count). The van der Waals surface area contributed by atoms with Crippen LogP contribution in [-0.4, -0.2) is 50.9 Å². The number of hydrogen-bond acceptors (Lipinski definition) is 5. The monoisotopic (exact) mass is 565 g/mol. The first-order chi connectivity index (χ1) is 19.0. The number of aryl methyl sites for hydroxylation is 2. The van der Waals surface area contributed by atoms with Crippen molar-refractivity contribution in [3.8, 4) is 5.75 Å². The number of anilines is 1. The third-order valence-electron chi connectivity index (χ3n) is 6.54. The largest absolute Gasteiger partial charge is 0.497 e. The summed E-state index contributed by atoms with van der Waals surface area (Å²) in [5.74, 6) is -0.245. The second-order valence-corrected chi connectivity index (χ2v) is 12.0. The molecule has 1 N–H and O–H groups in total. The summed E-state index contributed by atoms with van der Waals surface area (Å²) in [6.07, 6.45) is 0.367. The van der Waals surface area contributed by atoms with Crippen LogP contribution in [0.5, 0.6) is 5.75 Å². The van der Waals surface area contributed by atoms with Gasteiger partial charge in [-0.3, -0.25) is 13.9 Å². The first-order valence-corrected chi connectivity index (χ1v) is 14.8. The molecule has 0 heterocycles. The fourth-order valence-electron chi connectivity index (χ4n) is 4.31. The topological polar surface area (TPSA) is 96.0 Å². The van der Waals surface area contributed by atoms with Gasteiger partial charge in [0.25, 0.3) is 10.0 Å². The number of ether oxygens (including phenoxy) is 1. The highest BCUT2D eigenvalue weighted by Crippen LogP contribution is 2.26. The summed E-state index contributed by atoms with van der Waals surface area (Å²) in [5.41, 5.74) is 3.22. The highest BCUT2D eigenvalue weighted by Gasteiger charge is 2.33. The van der Waals surface area contributed by atoms with Gasteiger partial charge in [0.15, 0.2) is 0 Å². The van der Waals surface area contributed by atoms with Crippen LogP contribution in [0.3, 0.4) is 0 Å². The molecule has 0 bridgehead atoms. The summed E-state index contributed by atoms with van der Waals surface area (Å²) >= 11 is 0. The third kappa shape index (κ3) is 7.63. The summed E-state index contributed by atoms with van der Waals surface area (Å²) in [5, 5.41) is 2.91. The normalized spacial score (nSPS) is 12.1. The van der Waals surface area contributed by atoms with Crippen molar-refractivity contribution < 1.29 is 22.7 Å². The van der Waals surface area contributed by atoms with Crippen LogP contribution in [0.4, 0.5) is 5.69 Å². The minimum atomic E-state index is -4.14. The van der Waals surface area contributed by atoms with E-state index in [2.05, 4.69) is 5.32 Å². The van der Waals surface area contributed by atoms with Crippen LogP contribution < -0.4 is 14.4 Å². The molecule has 3 aromatic carbocycles. The van der Waals surface area contributed by atoms with Crippen molar-refractivity contribution in [1.82, 2.24) is 10.2 Å². The molecule has 0 saturated carbocycles. The minimum absolute atomic E-state index is 0.0244. The molecule has 2 amide bonds. The molecule has 1 unspecified atom stereocenters. The molecule has 0 spiro atoms. The van der Waals surface area contributed by atoms with E-state index in [0.29, 0.717) is 17.9 Å². The van der Waals surface area contributed by atoms with E-state index < -0.39 is 28.5 Å². The molecule has 0 saturated heterocycles. The van der Waals surface area contributed by atoms with Crippen molar-refractivity contribution in [3.63, 3.8) is 0 Å². The summed E-state index contributed by atoms with van der Waals surface area (Å²) in [6.45, 7) is 9.11. The number of sulfonamides is 1. The predicted molar refractivity (Wildman–Crippen MR) is 158 cm³/mol. The van der Waals surface area contributed by atoms with E-state index in [1.165, 1.54) is 24.1 Å². The molecule has 0 radical (unpaired) electrons. The van der Waals surface area contributed by atoms with Crippen molar-refractivity contribution in [3.05, 3.63) is 89.5 Å². The van der Waals surface area contributed by atoms with E-state index in [4.69, 9.17) is 4.74 Å². The average Bonchev–Trinajstić information content (AvgIpc) is 2.92. The molecule has 214 valence electrons. The molecule has 0 aliphatic heterocycles. The highest BCUT2D eigenvalue weighted by atomic mass is 32.2. The average molecular weight is 566 g/mol. The van der Waals surface area contributed by atoms with E-state index in [0.717, 1.165) is 21.0 Å². The molecular formula is C31H39N3O5S. The molecule has 8 nitrogen and oxygen atoms in total. The van der Waals surface area contributed by atoms with Gasteiger partial charge in [0.1, 0.15) is 18.3 Å². The molecule has 1 atom stereocenters. The fourth-order valence-corrected chi connectivity index (χ4v) is 5.72. The Morgan fingerprint density at radius 1 is 0.875 bits per heavy atom. The standard InChI is InChI=1S/C31H39N3O5S/c1-7-29(31(36)32-22(2)3)33(20-25-12-8-23(4)9-13-25)30(35)21-34(26-14-10-24(5)11-15-26)40(37,38)28-18-16-27(39-6)17-19-28/h8-19,22,29H,7,20-21H2,1-6H3,(H,32,36). The van der Waals surface area contributed by atoms with Crippen molar-refractivity contribution in [2.24, 2.45) is 0 Å². The van der Waals surface area contributed by atoms with Crippen LogP contribution in [0.1, 0.15) is 43.9 Å². The first-order valence-electron chi connectivity index (χ1n) is 13.3. The summed E-state index contributed by atoms with van der Waals surface area (Å²) in [6, 6.07) is 19.8. The Morgan fingerprint density at radius 2 is 1.43 bits per heavy atom. The lowest BCUT2D eigenvalue weighted by atomic mass is 10.1.